The minimum Gasteiger partial charge on any atom is -0.497 e. The topological polar surface area (TPSA) is 40.8 Å². The van der Waals surface area contributed by atoms with Crippen LogP contribution in [0.2, 0.25) is 0 Å². The molecule has 0 saturated heterocycles. The van der Waals surface area contributed by atoms with Crippen molar-refractivity contribution in [3.63, 3.8) is 0 Å². The molecule has 0 radical (unpaired) electrons. The van der Waals surface area contributed by atoms with Crippen LogP contribution in [-0.2, 0) is 28.1 Å². The zero-order valence-electron chi connectivity index (χ0n) is 26.6. The number of pyridine rings is 1. The third-order valence-corrected chi connectivity index (χ3v) is 9.29. The van der Waals surface area contributed by atoms with Gasteiger partial charge in [0.15, 0.2) is 0 Å². The van der Waals surface area contributed by atoms with E-state index in [0.717, 1.165) is 83.6 Å². The summed E-state index contributed by atoms with van der Waals surface area (Å²) in [6.45, 7) is 2.11. The summed E-state index contributed by atoms with van der Waals surface area (Å²) in [5.41, 5.74) is 8.97. The van der Waals surface area contributed by atoms with E-state index in [1.54, 1.807) is 7.11 Å². The fraction of sp³-hybridized carbons (Fsp3) is 0.0732. The summed E-state index contributed by atoms with van der Waals surface area (Å²) < 4.78 is 14.3. The van der Waals surface area contributed by atoms with Gasteiger partial charge in [-0.1, -0.05) is 59.9 Å². The molecule has 234 valence electrons. The Morgan fingerprint density at radius 3 is 1.90 bits per heavy atom. The standard InChI is InChI=1S/C41H30N5O.Pt/c1-27-43(2)24-25-44(27)30-14-11-15-31(26-30)46-36-19-10-8-17-34(36)39-37(28-20-22-32(47-3)23-21-28)38-33-16-7-9-18-35(33)45(40(38)42-41(39)46)29-12-5-4-6-13-29;/h4-12,14-25H,1-3H3;/q-1;+2. The molecule has 0 aliphatic carbocycles. The number of rotatable bonds is 5. The largest absolute Gasteiger partial charge is 2.00 e. The average molecular weight is 804 g/mol. The number of imidazole rings is 1. The third kappa shape index (κ3) is 4.44. The summed E-state index contributed by atoms with van der Waals surface area (Å²) in [4.78, 5) is 5.60. The van der Waals surface area contributed by atoms with Crippen LogP contribution in [0.4, 0.5) is 0 Å². The van der Waals surface area contributed by atoms with Crippen LogP contribution < -0.4 is 9.30 Å². The normalized spacial score (nSPS) is 11.5. The number of aryl methyl sites for hydroxylation is 1. The van der Waals surface area contributed by atoms with Crippen molar-refractivity contribution in [3.05, 3.63) is 146 Å². The van der Waals surface area contributed by atoms with Gasteiger partial charge in [0.2, 0.25) is 0 Å². The van der Waals surface area contributed by atoms with Crippen LogP contribution in [0.25, 0.3) is 72.1 Å². The fourth-order valence-corrected chi connectivity index (χ4v) is 6.96. The Balaban J connectivity index is 0.00000336. The van der Waals surface area contributed by atoms with Crippen LogP contribution in [0.15, 0.2) is 128 Å². The van der Waals surface area contributed by atoms with Crippen molar-refractivity contribution >= 4 is 43.9 Å². The molecule has 9 rings (SSSR count). The molecule has 4 aromatic heterocycles. The first-order valence-electron chi connectivity index (χ1n) is 15.7. The fourth-order valence-electron chi connectivity index (χ4n) is 6.96. The van der Waals surface area contributed by atoms with Crippen molar-refractivity contribution in [1.82, 2.24) is 18.7 Å². The number of para-hydroxylation sites is 3. The Hall–Kier alpha value is -5.45. The molecule has 7 heteroatoms. The number of methoxy groups -OCH3 is 1. The molecule has 0 atom stereocenters. The van der Waals surface area contributed by atoms with Crippen LogP contribution in [0.5, 0.6) is 5.75 Å². The summed E-state index contributed by atoms with van der Waals surface area (Å²) in [7, 11) is 3.76. The number of hydrogen-bond acceptors (Lipinski definition) is 2. The molecule has 48 heavy (non-hydrogen) atoms. The average Bonchev–Trinajstić information content (AvgIpc) is 3.76. The van der Waals surface area contributed by atoms with E-state index in [-0.39, 0.29) is 21.1 Å². The van der Waals surface area contributed by atoms with Gasteiger partial charge in [-0.05, 0) is 29.8 Å². The van der Waals surface area contributed by atoms with Crippen molar-refractivity contribution in [3.8, 4) is 33.9 Å². The van der Waals surface area contributed by atoms with Crippen molar-refractivity contribution < 1.29 is 30.4 Å². The second-order valence-electron chi connectivity index (χ2n) is 11.8. The molecule has 0 aliphatic rings. The summed E-state index contributed by atoms with van der Waals surface area (Å²) in [6.07, 6.45) is 4.14. The second-order valence-corrected chi connectivity index (χ2v) is 11.8. The molecule has 0 N–H and O–H groups in total. The van der Waals surface area contributed by atoms with Crippen LogP contribution in [-0.4, -0.2) is 25.8 Å². The van der Waals surface area contributed by atoms with E-state index in [4.69, 9.17) is 9.72 Å². The minimum absolute atomic E-state index is 0. The van der Waals surface area contributed by atoms with E-state index in [9.17, 15) is 0 Å². The molecular weight excluding hydrogens is 774 g/mol. The van der Waals surface area contributed by atoms with E-state index in [1.165, 1.54) is 0 Å². The number of hydrogen-bond donors (Lipinski definition) is 0. The van der Waals surface area contributed by atoms with Crippen LogP contribution in [0.3, 0.4) is 0 Å². The van der Waals surface area contributed by atoms with Crippen LogP contribution in [0, 0.1) is 19.1 Å². The maximum Gasteiger partial charge on any atom is 2.00 e. The zero-order chi connectivity index (χ0) is 31.6. The summed E-state index contributed by atoms with van der Waals surface area (Å²) in [5.74, 6) is 1.94. The molecular formula is C41H30N5OPt+. The van der Waals surface area contributed by atoms with Crippen molar-refractivity contribution in [2.75, 3.05) is 7.11 Å². The van der Waals surface area contributed by atoms with E-state index in [1.807, 2.05) is 24.3 Å². The molecule has 4 heterocycles. The second kappa shape index (κ2) is 11.7. The van der Waals surface area contributed by atoms with E-state index in [2.05, 4.69) is 148 Å². The predicted molar refractivity (Wildman–Crippen MR) is 188 cm³/mol. The summed E-state index contributed by atoms with van der Waals surface area (Å²) in [6, 6.07) is 47.2. The zero-order valence-corrected chi connectivity index (χ0v) is 28.9. The Morgan fingerprint density at radius 1 is 0.688 bits per heavy atom. The Labute approximate surface area is 292 Å². The Morgan fingerprint density at radius 2 is 1.29 bits per heavy atom. The van der Waals surface area contributed by atoms with Gasteiger partial charge in [-0.15, -0.1) is 24.3 Å². The van der Waals surface area contributed by atoms with Gasteiger partial charge in [0.05, 0.1) is 25.2 Å². The molecule has 9 aromatic rings. The summed E-state index contributed by atoms with van der Waals surface area (Å²) in [5, 5.41) is 4.47. The Kier molecular flexibility index (Phi) is 7.27. The maximum atomic E-state index is 5.60. The molecule has 0 fully saturated rings. The molecule has 0 aliphatic heterocycles. The van der Waals surface area contributed by atoms with Gasteiger partial charge in [-0.3, -0.25) is 0 Å². The van der Waals surface area contributed by atoms with Crippen molar-refractivity contribution in [1.29, 1.82) is 0 Å². The van der Waals surface area contributed by atoms with Gasteiger partial charge in [0.25, 0.3) is 5.82 Å². The van der Waals surface area contributed by atoms with Gasteiger partial charge in [0.1, 0.15) is 29.4 Å². The Bertz CT molecular complexity index is 2630. The number of nitrogens with zero attached hydrogens (tertiary/aromatic N) is 5. The first-order chi connectivity index (χ1) is 23.1. The molecule has 0 bridgehead atoms. The van der Waals surface area contributed by atoms with E-state index >= 15 is 0 Å². The first kappa shape index (κ1) is 29.9. The number of benzene rings is 5. The number of fused-ring (bicyclic) bond motifs is 6. The van der Waals surface area contributed by atoms with Crippen LogP contribution >= 0.6 is 0 Å². The predicted octanol–water partition coefficient (Wildman–Crippen LogP) is 8.47. The van der Waals surface area contributed by atoms with Gasteiger partial charge >= 0.3 is 21.1 Å². The smallest absolute Gasteiger partial charge is 0.497 e. The number of aromatic nitrogens is 5. The molecule has 0 spiro atoms. The van der Waals surface area contributed by atoms with Crippen molar-refractivity contribution in [2.45, 2.75) is 6.92 Å². The quantitative estimate of drug-likeness (QED) is 0.130. The van der Waals surface area contributed by atoms with Gasteiger partial charge in [-0.25, -0.2) is 14.1 Å². The van der Waals surface area contributed by atoms with E-state index in [0.29, 0.717) is 0 Å². The van der Waals surface area contributed by atoms with Crippen molar-refractivity contribution in [2.24, 2.45) is 7.05 Å². The molecule has 6 nitrogen and oxygen atoms in total. The van der Waals surface area contributed by atoms with Gasteiger partial charge < -0.3 is 13.9 Å². The first-order valence-corrected chi connectivity index (χ1v) is 15.7. The summed E-state index contributed by atoms with van der Waals surface area (Å²) >= 11 is 0. The van der Waals surface area contributed by atoms with E-state index < -0.39 is 0 Å². The monoisotopic (exact) mass is 803 g/mol. The van der Waals surface area contributed by atoms with Gasteiger partial charge in [-0.2, -0.15) is 30.3 Å². The minimum atomic E-state index is 0. The SMILES string of the molecule is COc1ccc(-c2c3c4ccccc4n(-c4[c-]cccc4)c3nc3c2c2ccccc2n3-c2[c-]c(-n3cc[n+](C)c3C)ccc2)cc1.[Pt+2]. The third-order valence-electron chi connectivity index (χ3n) is 9.29. The number of ether oxygens (including phenoxy) is 1. The molecule has 0 amide bonds. The molecule has 0 unspecified atom stereocenters. The van der Waals surface area contributed by atoms with Gasteiger partial charge in [0, 0.05) is 39.7 Å². The molecule has 5 aromatic carbocycles. The maximum absolute atomic E-state index is 5.60. The molecule has 0 saturated carbocycles. The van der Waals surface area contributed by atoms with Crippen LogP contribution in [0.1, 0.15) is 5.82 Å².